The van der Waals surface area contributed by atoms with Crippen molar-refractivity contribution in [3.8, 4) is 0 Å². The molecule has 0 aliphatic carbocycles. The Morgan fingerprint density at radius 3 is 2.00 bits per heavy atom. The van der Waals surface area contributed by atoms with Gasteiger partial charge in [-0.05, 0) is 24.2 Å². The first-order valence-corrected chi connectivity index (χ1v) is 4.83. The maximum Gasteiger partial charge on any atom is -0.0142 e. The summed E-state index contributed by atoms with van der Waals surface area (Å²) < 4.78 is 0. The van der Waals surface area contributed by atoms with Gasteiger partial charge in [-0.3, -0.25) is 0 Å². The van der Waals surface area contributed by atoms with E-state index in [9.17, 15) is 0 Å². The van der Waals surface area contributed by atoms with Crippen molar-refractivity contribution < 1.29 is 0 Å². The summed E-state index contributed by atoms with van der Waals surface area (Å²) in [6.07, 6.45) is 5.13. The highest BCUT2D eigenvalue weighted by Gasteiger charge is 1.72. The quantitative estimate of drug-likeness (QED) is 0.550. The number of hydrogen-bond acceptors (Lipinski definition) is 1. The topological polar surface area (TPSA) is 0 Å². The lowest BCUT2D eigenvalue weighted by molar-refractivity contribution is 1.09. The molecule has 0 unspecified atom stereocenters. The minimum Gasteiger partial charge on any atom is -0.137 e. The van der Waals surface area contributed by atoms with Crippen molar-refractivity contribution in [1.29, 1.82) is 0 Å². The Labute approximate surface area is 69.4 Å². The molecule has 0 spiro atoms. The standard InChI is InChI=1S/C6H10S.C3H8/c1-4-6(2)5-7-3;1-3-2/h4-5H,1H2,2-3H3;3H2,1-2H3/b6-5-;. The molecular weight excluding hydrogens is 140 g/mol. The molecule has 0 aromatic rings. The molecule has 0 amide bonds. The Kier molecular flexibility index (Phi) is 14.5. The largest absolute Gasteiger partial charge is 0.137 e. The molecule has 0 fully saturated rings. The van der Waals surface area contributed by atoms with Gasteiger partial charge in [0.15, 0.2) is 0 Å². The zero-order valence-corrected chi connectivity index (χ0v) is 8.29. The maximum absolute atomic E-state index is 3.60. The number of hydrogen-bond donors (Lipinski definition) is 0. The fourth-order valence-corrected chi connectivity index (χ4v) is 0.702. The molecular formula is C9H18S. The van der Waals surface area contributed by atoms with Gasteiger partial charge in [-0.25, -0.2) is 0 Å². The molecule has 10 heavy (non-hydrogen) atoms. The highest BCUT2D eigenvalue weighted by Crippen LogP contribution is 2.01. The van der Waals surface area contributed by atoms with Gasteiger partial charge in [0.1, 0.15) is 0 Å². The lowest BCUT2D eigenvalue weighted by Gasteiger charge is -1.83. The molecule has 0 nitrogen and oxygen atoms in total. The first-order chi connectivity index (χ1) is 4.72. The Bertz CT molecular complexity index is 92.9. The van der Waals surface area contributed by atoms with E-state index >= 15 is 0 Å². The fraction of sp³-hybridized carbons (Fsp3) is 0.556. The summed E-state index contributed by atoms with van der Waals surface area (Å²) in [5, 5.41) is 2.06. The maximum atomic E-state index is 3.60. The van der Waals surface area contributed by atoms with E-state index in [0.29, 0.717) is 0 Å². The van der Waals surface area contributed by atoms with Crippen LogP contribution in [-0.4, -0.2) is 6.26 Å². The van der Waals surface area contributed by atoms with E-state index in [-0.39, 0.29) is 0 Å². The Hall–Kier alpha value is -0.170. The smallest absolute Gasteiger partial charge is 0.0142 e. The Balaban J connectivity index is 0. The zero-order valence-electron chi connectivity index (χ0n) is 7.48. The lowest BCUT2D eigenvalue weighted by Crippen LogP contribution is -1.58. The highest BCUT2D eigenvalue weighted by atomic mass is 32.2. The van der Waals surface area contributed by atoms with Crippen LogP contribution in [0.5, 0.6) is 0 Å². The fourth-order valence-electron chi connectivity index (χ4n) is 0.234. The molecule has 0 atom stereocenters. The molecule has 0 aliphatic heterocycles. The van der Waals surface area contributed by atoms with Crippen LogP contribution < -0.4 is 0 Å². The van der Waals surface area contributed by atoms with E-state index < -0.39 is 0 Å². The summed E-state index contributed by atoms with van der Waals surface area (Å²) in [4.78, 5) is 0. The first kappa shape index (κ1) is 12.5. The predicted octanol–water partition coefficient (Wildman–Crippen LogP) is 3.86. The summed E-state index contributed by atoms with van der Waals surface area (Å²) in [6.45, 7) is 9.88. The van der Waals surface area contributed by atoms with E-state index in [0.717, 1.165) is 0 Å². The molecule has 0 heterocycles. The SMILES string of the molecule is C=C/C(C)=C\SC.CCC. The third-order valence-electron chi connectivity index (χ3n) is 0.626. The second-order valence-electron chi connectivity index (χ2n) is 2.01. The lowest BCUT2D eigenvalue weighted by atomic mass is 10.4. The third kappa shape index (κ3) is 15.7. The number of thioether (sulfide) groups is 1. The van der Waals surface area contributed by atoms with E-state index in [1.54, 1.807) is 11.8 Å². The average molecular weight is 158 g/mol. The van der Waals surface area contributed by atoms with E-state index in [4.69, 9.17) is 0 Å². The second-order valence-corrected chi connectivity index (χ2v) is 2.72. The summed E-state index contributed by atoms with van der Waals surface area (Å²) in [5.74, 6) is 0. The van der Waals surface area contributed by atoms with Gasteiger partial charge in [0.05, 0.1) is 0 Å². The van der Waals surface area contributed by atoms with Crippen LogP contribution in [-0.2, 0) is 0 Å². The van der Waals surface area contributed by atoms with Crippen LogP contribution in [0.2, 0.25) is 0 Å². The van der Waals surface area contributed by atoms with Gasteiger partial charge >= 0.3 is 0 Å². The molecule has 0 saturated carbocycles. The van der Waals surface area contributed by atoms with Crippen LogP contribution in [0.15, 0.2) is 23.6 Å². The van der Waals surface area contributed by atoms with E-state index in [2.05, 4.69) is 25.8 Å². The summed E-state index contributed by atoms with van der Waals surface area (Å²) in [5.41, 5.74) is 1.23. The van der Waals surface area contributed by atoms with Gasteiger partial charge in [-0.1, -0.05) is 32.9 Å². The number of allylic oxidation sites excluding steroid dienone is 2. The van der Waals surface area contributed by atoms with Gasteiger partial charge in [0, 0.05) is 0 Å². The first-order valence-electron chi connectivity index (χ1n) is 3.54. The molecule has 0 rings (SSSR count). The monoisotopic (exact) mass is 158 g/mol. The predicted molar refractivity (Wildman–Crippen MR) is 53.4 cm³/mol. The van der Waals surface area contributed by atoms with E-state index in [1.165, 1.54) is 12.0 Å². The van der Waals surface area contributed by atoms with Gasteiger partial charge < -0.3 is 0 Å². The molecule has 0 aromatic heterocycles. The van der Waals surface area contributed by atoms with Crippen molar-refractivity contribution >= 4 is 11.8 Å². The Morgan fingerprint density at radius 1 is 1.50 bits per heavy atom. The van der Waals surface area contributed by atoms with E-state index in [1.807, 2.05) is 19.3 Å². The molecule has 1 heteroatoms. The van der Waals surface area contributed by atoms with Crippen molar-refractivity contribution in [3.05, 3.63) is 23.6 Å². The molecule has 0 radical (unpaired) electrons. The zero-order chi connectivity index (χ0) is 8.41. The average Bonchev–Trinajstić information content (AvgIpc) is 1.90. The second kappa shape index (κ2) is 11.6. The van der Waals surface area contributed by atoms with Crippen LogP contribution in [0.3, 0.4) is 0 Å². The minimum atomic E-state index is 1.23. The van der Waals surface area contributed by atoms with Crippen molar-refractivity contribution in [2.75, 3.05) is 6.26 Å². The van der Waals surface area contributed by atoms with Crippen LogP contribution >= 0.6 is 11.8 Å². The third-order valence-corrected chi connectivity index (χ3v) is 1.23. The highest BCUT2D eigenvalue weighted by molar-refractivity contribution is 8.01. The summed E-state index contributed by atoms with van der Waals surface area (Å²) in [7, 11) is 0. The molecule has 0 N–H and O–H groups in total. The molecule has 60 valence electrons. The van der Waals surface area contributed by atoms with Crippen molar-refractivity contribution in [1.82, 2.24) is 0 Å². The molecule has 0 aliphatic rings. The van der Waals surface area contributed by atoms with Gasteiger partial charge in [-0.15, -0.1) is 11.8 Å². The van der Waals surface area contributed by atoms with Crippen LogP contribution in [0.4, 0.5) is 0 Å². The van der Waals surface area contributed by atoms with Gasteiger partial charge in [0.2, 0.25) is 0 Å². The van der Waals surface area contributed by atoms with Gasteiger partial charge in [-0.2, -0.15) is 0 Å². The molecule has 0 saturated heterocycles. The molecule has 0 bridgehead atoms. The van der Waals surface area contributed by atoms with Crippen molar-refractivity contribution in [2.24, 2.45) is 0 Å². The van der Waals surface area contributed by atoms with Crippen LogP contribution in [0.25, 0.3) is 0 Å². The molecule has 0 aromatic carbocycles. The van der Waals surface area contributed by atoms with Gasteiger partial charge in [0.25, 0.3) is 0 Å². The normalized spacial score (nSPS) is 9.80. The summed E-state index contributed by atoms with van der Waals surface area (Å²) >= 11 is 1.70. The van der Waals surface area contributed by atoms with Crippen LogP contribution in [0, 0.1) is 0 Å². The van der Waals surface area contributed by atoms with Crippen molar-refractivity contribution in [3.63, 3.8) is 0 Å². The van der Waals surface area contributed by atoms with Crippen LogP contribution in [0.1, 0.15) is 27.2 Å². The number of rotatable bonds is 2. The van der Waals surface area contributed by atoms with Crippen molar-refractivity contribution in [2.45, 2.75) is 27.2 Å². The minimum absolute atomic E-state index is 1.23. The summed E-state index contributed by atoms with van der Waals surface area (Å²) in [6, 6.07) is 0. The Morgan fingerprint density at radius 2 is 1.90 bits per heavy atom.